The summed E-state index contributed by atoms with van der Waals surface area (Å²) >= 11 is 0. The third kappa shape index (κ3) is 5.34. The molecule has 52 heavy (non-hydrogen) atoms. The summed E-state index contributed by atoms with van der Waals surface area (Å²) < 4.78 is 0. The van der Waals surface area contributed by atoms with E-state index in [-0.39, 0.29) is 0 Å². The molecule has 0 radical (unpaired) electrons. The minimum absolute atomic E-state index is 0.904. The molecule has 0 fully saturated rings. The monoisotopic (exact) mass is 662 g/mol. The van der Waals surface area contributed by atoms with Gasteiger partial charge in [-0.3, -0.25) is 0 Å². The molecule has 0 aliphatic carbocycles. The molecule has 4 heteroatoms. The zero-order valence-corrected chi connectivity index (χ0v) is 28.1. The average molecular weight is 663 g/mol. The molecule has 10 rings (SSSR count). The Kier molecular flexibility index (Phi) is 7.10. The van der Waals surface area contributed by atoms with E-state index in [2.05, 4.69) is 158 Å². The van der Waals surface area contributed by atoms with Gasteiger partial charge in [0.2, 0.25) is 0 Å². The quantitative estimate of drug-likeness (QED) is 0.172. The smallest absolute Gasteiger partial charge is 0.0972 e. The molecule has 242 valence electrons. The third-order valence-corrected chi connectivity index (χ3v) is 9.87. The highest BCUT2D eigenvalue weighted by Crippen LogP contribution is 2.33. The van der Waals surface area contributed by atoms with Gasteiger partial charge in [0.1, 0.15) is 0 Å². The second-order valence-corrected chi connectivity index (χ2v) is 13.1. The Hall–Kier alpha value is -7.04. The van der Waals surface area contributed by atoms with E-state index >= 15 is 0 Å². The SMILES string of the molecule is c1ccc(-c2ccc3ccc4ccc(-c5ccc(-c6ccc7ccc(-c8ccc9c(-c%10ccccc%10)cccc9n8)cc7n6)cc5)nc4c3n2)cc1. The number of fused-ring (bicyclic) bond motifs is 5. The van der Waals surface area contributed by atoms with Crippen molar-refractivity contribution < 1.29 is 0 Å². The molecule has 4 nitrogen and oxygen atoms in total. The Morgan fingerprint density at radius 3 is 1.38 bits per heavy atom. The second-order valence-electron chi connectivity index (χ2n) is 13.1. The van der Waals surface area contributed by atoms with Gasteiger partial charge >= 0.3 is 0 Å². The second kappa shape index (κ2) is 12.4. The van der Waals surface area contributed by atoms with E-state index in [9.17, 15) is 0 Å². The molecule has 0 spiro atoms. The Morgan fingerprint density at radius 2 is 0.731 bits per heavy atom. The average Bonchev–Trinajstić information content (AvgIpc) is 3.23. The van der Waals surface area contributed by atoms with Crippen LogP contribution in [0.5, 0.6) is 0 Å². The van der Waals surface area contributed by atoms with Crippen molar-refractivity contribution in [2.24, 2.45) is 0 Å². The van der Waals surface area contributed by atoms with Crippen LogP contribution in [0.2, 0.25) is 0 Å². The normalized spacial score (nSPS) is 11.5. The van der Waals surface area contributed by atoms with Crippen molar-refractivity contribution in [3.8, 4) is 56.2 Å². The number of nitrogens with zero attached hydrogens (tertiary/aromatic N) is 4. The minimum Gasteiger partial charge on any atom is -0.248 e. The highest BCUT2D eigenvalue weighted by atomic mass is 14.8. The predicted octanol–water partition coefficient (Wildman–Crippen LogP) is 12.2. The molecule has 0 bridgehead atoms. The molecule has 6 aromatic carbocycles. The maximum absolute atomic E-state index is 5.15. The first kappa shape index (κ1) is 29.8. The third-order valence-electron chi connectivity index (χ3n) is 9.87. The van der Waals surface area contributed by atoms with Gasteiger partial charge in [0.05, 0.1) is 44.8 Å². The van der Waals surface area contributed by atoms with Gasteiger partial charge in [0.25, 0.3) is 0 Å². The highest BCUT2D eigenvalue weighted by molar-refractivity contribution is 6.04. The van der Waals surface area contributed by atoms with Crippen molar-refractivity contribution >= 4 is 43.6 Å². The Bertz CT molecular complexity index is 2940. The molecule has 0 saturated heterocycles. The van der Waals surface area contributed by atoms with Crippen LogP contribution >= 0.6 is 0 Å². The summed E-state index contributed by atoms with van der Waals surface area (Å²) in [6.07, 6.45) is 0. The summed E-state index contributed by atoms with van der Waals surface area (Å²) in [5.41, 5.74) is 14.0. The van der Waals surface area contributed by atoms with Gasteiger partial charge in [-0.15, -0.1) is 0 Å². The Morgan fingerprint density at radius 1 is 0.269 bits per heavy atom. The molecule has 0 atom stereocenters. The standard InChI is InChI=1S/C48H30N4/c1-3-8-31(9-4-1)39-12-7-13-45-40(39)25-29-44(49-45)38-21-18-35-22-26-41(50-46(35)30-38)33-14-16-34(17-15-33)43-28-24-37-20-19-36-23-27-42(32-10-5-2-6-11-32)51-47(36)48(37)52-43/h1-30H. The van der Waals surface area contributed by atoms with Crippen molar-refractivity contribution in [2.45, 2.75) is 0 Å². The summed E-state index contributed by atoms with van der Waals surface area (Å²) in [6.45, 7) is 0. The van der Waals surface area contributed by atoms with Gasteiger partial charge < -0.3 is 0 Å². The van der Waals surface area contributed by atoms with Gasteiger partial charge in [0, 0.05) is 43.8 Å². The lowest BCUT2D eigenvalue weighted by atomic mass is 9.99. The first-order valence-corrected chi connectivity index (χ1v) is 17.5. The Labute approximate surface area is 300 Å². The fourth-order valence-corrected chi connectivity index (χ4v) is 7.13. The van der Waals surface area contributed by atoms with Gasteiger partial charge in [-0.25, -0.2) is 19.9 Å². The molecule has 0 N–H and O–H groups in total. The van der Waals surface area contributed by atoms with Crippen LogP contribution in [0, 0.1) is 0 Å². The number of hydrogen-bond acceptors (Lipinski definition) is 4. The van der Waals surface area contributed by atoms with Crippen LogP contribution < -0.4 is 0 Å². The van der Waals surface area contributed by atoms with Crippen LogP contribution in [0.25, 0.3) is 99.8 Å². The topological polar surface area (TPSA) is 51.6 Å². The molecule has 4 heterocycles. The predicted molar refractivity (Wildman–Crippen MR) is 215 cm³/mol. The molecule has 10 aromatic rings. The van der Waals surface area contributed by atoms with Crippen molar-refractivity contribution in [2.75, 3.05) is 0 Å². The van der Waals surface area contributed by atoms with Gasteiger partial charge in [-0.1, -0.05) is 146 Å². The summed E-state index contributed by atoms with van der Waals surface area (Å²) in [5.74, 6) is 0. The van der Waals surface area contributed by atoms with Crippen molar-refractivity contribution in [1.82, 2.24) is 19.9 Å². The van der Waals surface area contributed by atoms with Crippen molar-refractivity contribution in [3.63, 3.8) is 0 Å². The summed E-state index contributed by atoms with van der Waals surface area (Å²) in [7, 11) is 0. The molecule has 0 amide bonds. The zero-order valence-electron chi connectivity index (χ0n) is 28.1. The first-order chi connectivity index (χ1) is 25.7. The fourth-order valence-electron chi connectivity index (χ4n) is 7.13. The number of benzene rings is 6. The lowest BCUT2D eigenvalue weighted by molar-refractivity contribution is 1.36. The van der Waals surface area contributed by atoms with E-state index in [0.717, 1.165) is 88.6 Å². The Balaban J connectivity index is 0.966. The first-order valence-electron chi connectivity index (χ1n) is 17.5. The van der Waals surface area contributed by atoms with Gasteiger partial charge in [-0.05, 0) is 47.5 Å². The summed E-state index contributed by atoms with van der Waals surface area (Å²) in [6, 6.07) is 63.2. The molecule has 0 unspecified atom stereocenters. The zero-order chi connectivity index (χ0) is 34.4. The highest BCUT2D eigenvalue weighted by Gasteiger charge is 2.11. The van der Waals surface area contributed by atoms with Crippen LogP contribution in [-0.4, -0.2) is 19.9 Å². The van der Waals surface area contributed by atoms with E-state index in [1.54, 1.807) is 0 Å². The van der Waals surface area contributed by atoms with Crippen LogP contribution in [0.3, 0.4) is 0 Å². The van der Waals surface area contributed by atoms with Gasteiger partial charge in [-0.2, -0.15) is 0 Å². The number of aromatic nitrogens is 4. The summed E-state index contributed by atoms with van der Waals surface area (Å²) in [4.78, 5) is 20.4. The van der Waals surface area contributed by atoms with E-state index in [4.69, 9.17) is 19.9 Å². The van der Waals surface area contributed by atoms with Crippen LogP contribution in [-0.2, 0) is 0 Å². The van der Waals surface area contributed by atoms with Crippen LogP contribution in [0.15, 0.2) is 182 Å². The molecular weight excluding hydrogens is 633 g/mol. The van der Waals surface area contributed by atoms with Crippen LogP contribution in [0.4, 0.5) is 0 Å². The number of hydrogen-bond donors (Lipinski definition) is 0. The summed E-state index contributed by atoms with van der Waals surface area (Å²) in [5, 5.41) is 4.38. The fraction of sp³-hybridized carbons (Fsp3) is 0. The van der Waals surface area contributed by atoms with Crippen molar-refractivity contribution in [3.05, 3.63) is 182 Å². The van der Waals surface area contributed by atoms with Gasteiger partial charge in [0.15, 0.2) is 0 Å². The maximum atomic E-state index is 5.15. The largest absolute Gasteiger partial charge is 0.248 e. The maximum Gasteiger partial charge on any atom is 0.0972 e. The molecule has 0 aliphatic heterocycles. The lowest BCUT2D eigenvalue weighted by Gasteiger charge is -2.10. The van der Waals surface area contributed by atoms with E-state index in [0.29, 0.717) is 0 Å². The van der Waals surface area contributed by atoms with E-state index in [1.165, 1.54) is 11.1 Å². The van der Waals surface area contributed by atoms with E-state index < -0.39 is 0 Å². The minimum atomic E-state index is 0.904. The molecular formula is C48H30N4. The number of rotatable bonds is 5. The van der Waals surface area contributed by atoms with Crippen molar-refractivity contribution in [1.29, 1.82) is 0 Å². The van der Waals surface area contributed by atoms with Crippen LogP contribution in [0.1, 0.15) is 0 Å². The lowest BCUT2D eigenvalue weighted by Crippen LogP contribution is -1.91. The van der Waals surface area contributed by atoms with E-state index in [1.807, 2.05) is 24.3 Å². The number of pyridine rings is 4. The molecule has 0 aliphatic rings. The molecule has 4 aromatic heterocycles. The molecule has 0 saturated carbocycles.